The Kier molecular flexibility index (Phi) is 4.80. The van der Waals surface area contributed by atoms with Gasteiger partial charge in [-0.3, -0.25) is 9.59 Å². The number of carboxylic acids is 1. The fourth-order valence-corrected chi connectivity index (χ4v) is 3.20. The number of aliphatic carboxylic acids is 1. The Balaban J connectivity index is 2.21. The summed E-state index contributed by atoms with van der Waals surface area (Å²) in [6.45, 7) is 3.62. The summed E-state index contributed by atoms with van der Waals surface area (Å²) in [7, 11) is 0. The number of nitrogens with two attached hydrogens (primary N) is 1. The maximum Gasteiger partial charge on any atom is 0.344 e. The van der Waals surface area contributed by atoms with Gasteiger partial charge in [0.15, 0.2) is 6.10 Å². The minimum Gasteiger partial charge on any atom is -0.479 e. The van der Waals surface area contributed by atoms with Crippen LogP contribution >= 0.6 is 0 Å². The lowest BCUT2D eigenvalue weighted by atomic mass is 10.1. The predicted octanol–water partition coefficient (Wildman–Crippen LogP) is 2.52. The Bertz CT molecular complexity index is 1090. The van der Waals surface area contributed by atoms with E-state index in [0.717, 1.165) is 5.56 Å². The predicted molar refractivity (Wildman–Crippen MR) is 103 cm³/mol. The molecule has 0 radical (unpaired) electrons. The molecule has 1 unspecified atom stereocenters. The van der Waals surface area contributed by atoms with Crippen LogP contribution in [-0.4, -0.2) is 33.4 Å². The van der Waals surface area contributed by atoms with Gasteiger partial charge < -0.3 is 20.1 Å². The van der Waals surface area contributed by atoms with Crippen LogP contribution in [0.2, 0.25) is 0 Å². The molecule has 144 valence electrons. The number of fused-ring (bicyclic) bond motifs is 1. The van der Waals surface area contributed by atoms with Gasteiger partial charge >= 0.3 is 5.97 Å². The number of Topliss-reactive ketones (excluding diaryl/α,β-unsaturated/α-hetero) is 1. The van der Waals surface area contributed by atoms with Crippen molar-refractivity contribution in [2.45, 2.75) is 26.5 Å². The van der Waals surface area contributed by atoms with Gasteiger partial charge in [0, 0.05) is 12.2 Å². The normalized spacial score (nSPS) is 12.3. The number of carbonyl (C=O) groups excluding carboxylic acids is 2. The summed E-state index contributed by atoms with van der Waals surface area (Å²) in [6, 6.07) is 14.7. The number of carbonyl (C=O) groups is 3. The number of carboxylic acid groups (broad SMARTS) is 1. The fraction of sp³-hybridized carbons (Fsp3) is 0.190. The summed E-state index contributed by atoms with van der Waals surface area (Å²) < 4.78 is 14.3. The van der Waals surface area contributed by atoms with E-state index in [-0.39, 0.29) is 11.3 Å². The average Bonchev–Trinajstić information content (AvgIpc) is 3.00. The summed E-state index contributed by atoms with van der Waals surface area (Å²) in [5.41, 5.74) is 7.61. The van der Waals surface area contributed by atoms with Crippen LogP contribution in [0.3, 0.4) is 0 Å². The summed E-state index contributed by atoms with van der Waals surface area (Å²) in [6.07, 6.45) is -1.08. The highest BCUT2D eigenvalue weighted by atomic mass is 16.5. The van der Waals surface area contributed by atoms with E-state index in [2.05, 4.69) is 5.11 Å². The molecule has 7 nitrogen and oxygen atoms in total. The molecule has 0 saturated carbocycles. The second-order valence-electron chi connectivity index (χ2n) is 6.45. The number of hydrogen-bond donors (Lipinski definition) is 2. The van der Waals surface area contributed by atoms with Gasteiger partial charge in [0.1, 0.15) is 5.75 Å². The van der Waals surface area contributed by atoms with Gasteiger partial charge in [0.2, 0.25) is 0 Å². The number of rotatable bonds is 7. The average molecular weight is 381 g/mol. The zero-order valence-corrected chi connectivity index (χ0v) is 15.5. The molecule has 3 rings (SSSR count). The maximum absolute atomic E-state index is 12.6. The highest BCUT2D eigenvalue weighted by molar-refractivity contribution is 6.45. The Morgan fingerprint density at radius 1 is 1.18 bits per heavy atom. The van der Waals surface area contributed by atoms with Crippen molar-refractivity contribution < 1.29 is 24.2 Å². The Hall–Kier alpha value is -3.61. The Morgan fingerprint density at radius 3 is 2.54 bits per heavy atom. The summed E-state index contributed by atoms with van der Waals surface area (Å²) in [4.78, 5) is 35.9. The van der Waals surface area contributed by atoms with Gasteiger partial charge in [0.05, 0.1) is 16.5 Å². The van der Waals surface area contributed by atoms with E-state index in [9.17, 15) is 14.4 Å². The number of amides is 1. The third-order valence-electron chi connectivity index (χ3n) is 4.58. The minimum absolute atomic E-state index is 0.130. The van der Waals surface area contributed by atoms with Crippen LogP contribution in [0.1, 0.15) is 28.5 Å². The Labute approximate surface area is 162 Å². The van der Waals surface area contributed by atoms with E-state index in [1.54, 1.807) is 25.1 Å². The number of benzene rings is 2. The van der Waals surface area contributed by atoms with Crippen molar-refractivity contribution in [2.24, 2.45) is 5.73 Å². The molecule has 0 fully saturated rings. The first-order chi connectivity index (χ1) is 13.8. The molecule has 7 heteroatoms. The van der Waals surface area contributed by atoms with E-state index in [1.807, 2.05) is 34.9 Å². The molecule has 3 N–H and O–H groups in total. The molecule has 0 aliphatic heterocycles. The van der Waals surface area contributed by atoms with Crippen LogP contribution in [0.5, 0.6) is 5.75 Å². The molecule has 0 saturated heterocycles. The first-order valence-electron chi connectivity index (χ1n) is 9.09. The number of aromatic nitrogens is 1. The summed E-state index contributed by atoms with van der Waals surface area (Å²) in [5.74, 6) is -2.59. The van der Waals surface area contributed by atoms with Crippen molar-refractivity contribution in [3.05, 3.63) is 65.4 Å². The van der Waals surface area contributed by atoms with Crippen molar-refractivity contribution in [2.75, 3.05) is 0 Å². The molecular formula is C21H20N2O5. The smallest absolute Gasteiger partial charge is 0.344 e. The lowest BCUT2D eigenvalue weighted by Gasteiger charge is -2.12. The van der Waals surface area contributed by atoms with Gasteiger partial charge in [-0.25, -0.2) is 4.79 Å². The zero-order valence-electron chi connectivity index (χ0n) is 16.5. The highest BCUT2D eigenvalue weighted by Gasteiger charge is 2.27. The molecule has 28 heavy (non-hydrogen) atoms. The number of ketones is 1. The molecule has 1 aromatic heterocycles. The van der Waals surface area contributed by atoms with Gasteiger partial charge in [-0.05, 0) is 31.5 Å². The molecule has 3 aromatic rings. The van der Waals surface area contributed by atoms with E-state index in [1.165, 1.54) is 6.92 Å². The first-order valence-corrected chi connectivity index (χ1v) is 8.68. The number of primary amides is 1. The zero-order chi connectivity index (χ0) is 21.1. The Morgan fingerprint density at radius 2 is 1.89 bits per heavy atom. The molecule has 0 aliphatic rings. The number of ether oxygens (including phenoxy) is 1. The topological polar surface area (TPSA) is 112 Å². The monoisotopic (exact) mass is 381 g/mol. The van der Waals surface area contributed by atoms with E-state index < -0.39 is 23.8 Å². The van der Waals surface area contributed by atoms with E-state index in [4.69, 9.17) is 11.9 Å². The first kappa shape index (κ1) is 17.8. The van der Waals surface area contributed by atoms with Crippen LogP contribution in [0.25, 0.3) is 12.3 Å². The molecule has 1 heterocycles. The molecule has 1 amide bonds. The van der Waals surface area contributed by atoms with Crippen molar-refractivity contribution >= 4 is 28.6 Å². The second-order valence-corrected chi connectivity index (χ2v) is 6.45. The van der Waals surface area contributed by atoms with Crippen molar-refractivity contribution in [3.8, 4) is 5.75 Å². The summed E-state index contributed by atoms with van der Waals surface area (Å²) >= 11 is 0. The van der Waals surface area contributed by atoms with Crippen LogP contribution in [0.4, 0.5) is 0 Å². The molecule has 0 aliphatic carbocycles. The van der Waals surface area contributed by atoms with Crippen molar-refractivity contribution in [1.29, 1.82) is 1.43 Å². The number of hydrogen-bond acceptors (Lipinski definition) is 5. The largest absolute Gasteiger partial charge is 0.479 e. The van der Waals surface area contributed by atoms with Gasteiger partial charge in [-0.1, -0.05) is 36.4 Å². The van der Waals surface area contributed by atoms with E-state index in [0.29, 0.717) is 23.1 Å². The standard InChI is InChI=1S/C21H20N2O5/c1-12-17(19(24)20(22)25)18-15(23(12)11-14-7-4-3-5-8-14)9-6-10-16(18)28-13(2)21(26)27/h3-10,13H,11H2,1-2H3,(H2,22,25)(H,26,27)/i/hD. The van der Waals surface area contributed by atoms with Crippen LogP contribution in [0, 0.1) is 6.92 Å². The second kappa shape index (κ2) is 7.56. The quantitative estimate of drug-likeness (QED) is 0.482. The third-order valence-corrected chi connectivity index (χ3v) is 4.58. The van der Waals surface area contributed by atoms with Crippen molar-refractivity contribution in [3.63, 3.8) is 0 Å². The lowest BCUT2D eigenvalue weighted by molar-refractivity contribution is -0.144. The molecular weight excluding hydrogens is 360 g/mol. The molecule has 1 atom stereocenters. The highest BCUT2D eigenvalue weighted by Crippen LogP contribution is 2.35. The van der Waals surface area contributed by atoms with Gasteiger partial charge in [0.25, 0.3) is 13.1 Å². The number of nitrogens with zero attached hydrogens (tertiary/aromatic N) is 1. The van der Waals surface area contributed by atoms with E-state index >= 15 is 0 Å². The SMILES string of the molecule is [2H]OC(=O)C(C)Oc1cccc2c1c(C(=O)C(N)=O)c(C)n2Cc1ccccc1. The van der Waals surface area contributed by atoms with Gasteiger partial charge in [-0.2, -0.15) is 0 Å². The fourth-order valence-electron chi connectivity index (χ4n) is 3.20. The van der Waals surface area contributed by atoms with Crippen molar-refractivity contribution in [1.82, 2.24) is 4.57 Å². The summed E-state index contributed by atoms with van der Waals surface area (Å²) in [5, 5.41) is 4.34. The van der Waals surface area contributed by atoms with Crippen LogP contribution < -0.4 is 10.5 Å². The lowest BCUT2D eigenvalue weighted by Crippen LogP contribution is -2.25. The third kappa shape index (κ3) is 3.46. The van der Waals surface area contributed by atoms with Crippen LogP contribution in [0.15, 0.2) is 48.5 Å². The van der Waals surface area contributed by atoms with Crippen LogP contribution in [-0.2, 0) is 16.1 Å². The maximum atomic E-state index is 12.6. The minimum atomic E-state index is -1.08. The molecule has 2 aromatic carbocycles. The molecule has 0 bridgehead atoms. The molecule has 0 spiro atoms. The van der Waals surface area contributed by atoms with Gasteiger partial charge in [-0.15, -0.1) is 0 Å².